The number of amides is 1. The van der Waals surface area contributed by atoms with Gasteiger partial charge in [0.15, 0.2) is 0 Å². The largest absolute Gasteiger partial charge is 0.493 e. The van der Waals surface area contributed by atoms with Crippen LogP contribution in [0.25, 0.3) is 10.8 Å². The van der Waals surface area contributed by atoms with Crippen molar-refractivity contribution in [2.24, 2.45) is 0 Å². The van der Waals surface area contributed by atoms with Gasteiger partial charge in [-0.2, -0.15) is 0 Å². The molecular formula is C31H32N2O3. The quantitative estimate of drug-likeness (QED) is 0.265. The summed E-state index contributed by atoms with van der Waals surface area (Å²) in [4.78, 5) is 15.6. The van der Waals surface area contributed by atoms with Gasteiger partial charge in [-0.25, -0.2) is 0 Å². The maximum absolute atomic E-state index is 13.7. The highest BCUT2D eigenvalue weighted by Gasteiger charge is 2.35. The first kappa shape index (κ1) is 23.9. The Labute approximate surface area is 212 Å². The first-order valence-corrected chi connectivity index (χ1v) is 12.6. The van der Waals surface area contributed by atoms with Crippen LogP contribution >= 0.6 is 0 Å². The third-order valence-electron chi connectivity index (χ3n) is 6.68. The van der Waals surface area contributed by atoms with Crippen LogP contribution in [-0.4, -0.2) is 37.7 Å². The van der Waals surface area contributed by atoms with E-state index in [4.69, 9.17) is 9.47 Å². The Morgan fingerprint density at radius 2 is 1.61 bits per heavy atom. The third-order valence-corrected chi connectivity index (χ3v) is 6.68. The van der Waals surface area contributed by atoms with Gasteiger partial charge in [-0.05, 0) is 53.8 Å². The molecule has 0 saturated carbocycles. The van der Waals surface area contributed by atoms with Crippen molar-refractivity contribution < 1.29 is 14.3 Å². The van der Waals surface area contributed by atoms with E-state index in [1.54, 1.807) is 7.11 Å². The molecule has 5 nitrogen and oxygen atoms in total. The predicted octanol–water partition coefficient (Wildman–Crippen LogP) is 6.45. The minimum Gasteiger partial charge on any atom is -0.493 e. The molecule has 0 fully saturated rings. The molecule has 1 amide bonds. The van der Waals surface area contributed by atoms with Crippen molar-refractivity contribution in [3.8, 4) is 5.75 Å². The van der Waals surface area contributed by atoms with Gasteiger partial charge in [0.25, 0.3) is 5.91 Å². The minimum atomic E-state index is -0.348. The molecular weight excluding hydrogens is 448 g/mol. The van der Waals surface area contributed by atoms with Gasteiger partial charge >= 0.3 is 0 Å². The van der Waals surface area contributed by atoms with Crippen molar-refractivity contribution in [3.63, 3.8) is 0 Å². The van der Waals surface area contributed by atoms with E-state index in [2.05, 4.69) is 47.8 Å². The average molecular weight is 481 g/mol. The highest BCUT2D eigenvalue weighted by Crippen LogP contribution is 2.40. The molecule has 4 aromatic rings. The van der Waals surface area contributed by atoms with Crippen LogP contribution in [-0.2, 0) is 11.2 Å². The van der Waals surface area contributed by atoms with E-state index in [0.717, 1.165) is 47.0 Å². The molecule has 5 heteroatoms. The molecule has 1 aliphatic rings. The van der Waals surface area contributed by atoms with Crippen LogP contribution in [0.4, 0.5) is 5.69 Å². The monoisotopic (exact) mass is 480 g/mol. The van der Waals surface area contributed by atoms with E-state index in [1.807, 2.05) is 53.4 Å². The number of anilines is 1. The van der Waals surface area contributed by atoms with Crippen molar-refractivity contribution in [2.45, 2.75) is 25.4 Å². The third kappa shape index (κ3) is 5.07. The lowest BCUT2D eigenvalue weighted by Crippen LogP contribution is -2.44. The Bertz CT molecular complexity index is 1320. The summed E-state index contributed by atoms with van der Waals surface area (Å²) in [5.41, 5.74) is 3.84. The summed E-state index contributed by atoms with van der Waals surface area (Å²) < 4.78 is 11.7. The number of carbonyl (C=O) groups is 1. The molecule has 1 heterocycles. The van der Waals surface area contributed by atoms with Gasteiger partial charge in [-0.3, -0.25) is 4.79 Å². The molecule has 0 bridgehead atoms. The van der Waals surface area contributed by atoms with Gasteiger partial charge in [0.05, 0.1) is 12.2 Å². The van der Waals surface area contributed by atoms with Crippen LogP contribution < -0.4 is 10.1 Å². The van der Waals surface area contributed by atoms with Crippen LogP contribution in [0, 0.1) is 0 Å². The molecule has 0 spiro atoms. The van der Waals surface area contributed by atoms with E-state index in [-0.39, 0.29) is 12.1 Å². The summed E-state index contributed by atoms with van der Waals surface area (Å²) in [7, 11) is 1.69. The van der Waals surface area contributed by atoms with E-state index in [9.17, 15) is 4.79 Å². The van der Waals surface area contributed by atoms with Gasteiger partial charge < -0.3 is 19.7 Å². The van der Waals surface area contributed by atoms with E-state index in [1.165, 1.54) is 5.56 Å². The second-order valence-corrected chi connectivity index (χ2v) is 9.07. The SMILES string of the molecule is COCCCN1C(=O)c2ccccc2NC1c1c(OCCCc2ccccc2)ccc2ccccc12. The second kappa shape index (κ2) is 11.3. The Morgan fingerprint density at radius 3 is 2.47 bits per heavy atom. The maximum atomic E-state index is 13.7. The fourth-order valence-electron chi connectivity index (χ4n) is 4.92. The number of nitrogens with zero attached hydrogens (tertiary/aromatic N) is 1. The summed E-state index contributed by atoms with van der Waals surface area (Å²) in [5, 5.41) is 5.86. The number of ether oxygens (including phenoxy) is 2. The van der Waals surface area contributed by atoms with Crippen LogP contribution in [0.15, 0.2) is 91.0 Å². The van der Waals surface area contributed by atoms with Crippen molar-refractivity contribution in [1.82, 2.24) is 4.90 Å². The molecule has 1 N–H and O–H groups in total. The Balaban J connectivity index is 1.49. The molecule has 0 aromatic heterocycles. The molecule has 4 aromatic carbocycles. The zero-order valence-electron chi connectivity index (χ0n) is 20.7. The molecule has 0 radical (unpaired) electrons. The first-order chi connectivity index (χ1) is 17.8. The zero-order chi connectivity index (χ0) is 24.7. The molecule has 5 rings (SSSR count). The summed E-state index contributed by atoms with van der Waals surface area (Å²) in [5.74, 6) is 0.830. The van der Waals surface area contributed by atoms with E-state index < -0.39 is 0 Å². The molecule has 1 atom stereocenters. The summed E-state index contributed by atoms with van der Waals surface area (Å²) in [6.45, 7) is 1.77. The highest BCUT2D eigenvalue weighted by molar-refractivity contribution is 6.02. The van der Waals surface area contributed by atoms with Crippen molar-refractivity contribution in [3.05, 3.63) is 108 Å². The lowest BCUT2D eigenvalue weighted by atomic mass is 9.97. The van der Waals surface area contributed by atoms with Gasteiger partial charge in [0, 0.05) is 31.5 Å². The van der Waals surface area contributed by atoms with Gasteiger partial charge in [-0.15, -0.1) is 0 Å². The second-order valence-electron chi connectivity index (χ2n) is 9.07. The number of benzene rings is 4. The van der Waals surface area contributed by atoms with Crippen molar-refractivity contribution in [1.29, 1.82) is 0 Å². The van der Waals surface area contributed by atoms with E-state index >= 15 is 0 Å². The fraction of sp³-hybridized carbons (Fsp3) is 0.258. The number of nitrogens with one attached hydrogen (secondary N) is 1. The Kier molecular flexibility index (Phi) is 7.48. The summed E-state index contributed by atoms with van der Waals surface area (Å²) in [6, 6.07) is 30.6. The summed E-state index contributed by atoms with van der Waals surface area (Å²) >= 11 is 0. The van der Waals surface area contributed by atoms with E-state index in [0.29, 0.717) is 25.3 Å². The van der Waals surface area contributed by atoms with Crippen LogP contribution in [0.5, 0.6) is 5.75 Å². The predicted molar refractivity (Wildman–Crippen MR) is 145 cm³/mol. The van der Waals surface area contributed by atoms with Crippen LogP contribution in [0.1, 0.15) is 40.5 Å². The van der Waals surface area contributed by atoms with Crippen LogP contribution in [0.2, 0.25) is 0 Å². The topological polar surface area (TPSA) is 50.8 Å². The molecule has 184 valence electrons. The molecule has 0 saturated heterocycles. The van der Waals surface area contributed by atoms with Crippen molar-refractivity contribution >= 4 is 22.4 Å². The first-order valence-electron chi connectivity index (χ1n) is 12.6. The maximum Gasteiger partial charge on any atom is 0.257 e. The minimum absolute atomic E-state index is 0.0217. The standard InChI is InChI=1S/C31H32N2O3/c1-35-21-10-20-33-30(32-27-17-8-7-16-26(27)31(33)34)29-25-15-6-5-14-24(25)18-19-28(29)36-22-9-13-23-11-3-2-4-12-23/h2-8,11-12,14-19,30,32H,9-10,13,20-22H2,1H3. The number of aryl methyl sites for hydroxylation is 1. The number of hydrogen-bond acceptors (Lipinski definition) is 4. The number of hydrogen-bond donors (Lipinski definition) is 1. The smallest absolute Gasteiger partial charge is 0.257 e. The average Bonchev–Trinajstić information content (AvgIpc) is 2.93. The zero-order valence-corrected chi connectivity index (χ0v) is 20.7. The van der Waals surface area contributed by atoms with Gasteiger partial charge in [0.2, 0.25) is 0 Å². The van der Waals surface area contributed by atoms with Gasteiger partial charge in [-0.1, -0.05) is 72.8 Å². The number of fused-ring (bicyclic) bond motifs is 2. The normalized spacial score (nSPS) is 15.0. The lowest BCUT2D eigenvalue weighted by molar-refractivity contribution is 0.0659. The number of carbonyl (C=O) groups excluding carboxylic acids is 1. The molecule has 1 unspecified atom stereocenters. The fourth-order valence-corrected chi connectivity index (χ4v) is 4.92. The Morgan fingerprint density at radius 1 is 0.833 bits per heavy atom. The van der Waals surface area contributed by atoms with Gasteiger partial charge in [0.1, 0.15) is 11.9 Å². The number of rotatable bonds is 10. The molecule has 36 heavy (non-hydrogen) atoms. The number of methoxy groups -OCH3 is 1. The summed E-state index contributed by atoms with van der Waals surface area (Å²) in [6.07, 6.45) is 2.27. The van der Waals surface area contributed by atoms with Crippen LogP contribution in [0.3, 0.4) is 0 Å². The number of para-hydroxylation sites is 1. The molecule has 0 aliphatic carbocycles. The highest BCUT2D eigenvalue weighted by atomic mass is 16.5. The molecule has 1 aliphatic heterocycles. The Hall–Kier alpha value is -3.83. The van der Waals surface area contributed by atoms with Crippen molar-refractivity contribution in [2.75, 3.05) is 32.2 Å². The lowest BCUT2D eigenvalue weighted by Gasteiger charge is -2.39.